The molecule has 1 heteroatoms. The predicted molar refractivity (Wildman–Crippen MR) is 63.1 cm³/mol. The molecular formula is C13H15B. The highest BCUT2D eigenvalue weighted by molar-refractivity contribution is 6.32. The van der Waals surface area contributed by atoms with Crippen molar-refractivity contribution in [3.63, 3.8) is 0 Å². The second-order valence-electron chi connectivity index (χ2n) is 4.35. The van der Waals surface area contributed by atoms with E-state index in [1.807, 2.05) is 6.07 Å². The molecule has 0 bridgehead atoms. The first-order valence-corrected chi connectivity index (χ1v) is 5.25. The van der Waals surface area contributed by atoms with E-state index in [1.165, 1.54) is 24.0 Å². The Morgan fingerprint density at radius 2 is 2.00 bits per heavy atom. The lowest BCUT2D eigenvalue weighted by Crippen LogP contribution is -2.04. The van der Waals surface area contributed by atoms with Gasteiger partial charge < -0.3 is 0 Å². The zero-order valence-corrected chi connectivity index (χ0v) is 8.88. The maximum Gasteiger partial charge on any atom is 0.113 e. The third-order valence-electron chi connectivity index (χ3n) is 2.63. The van der Waals surface area contributed by atoms with Gasteiger partial charge in [0.2, 0.25) is 0 Å². The van der Waals surface area contributed by atoms with Gasteiger partial charge in [0.05, 0.1) is 0 Å². The van der Waals surface area contributed by atoms with Crippen LogP contribution in [0.5, 0.6) is 0 Å². The minimum absolute atomic E-state index is 0.571. The number of allylic oxidation sites excluding steroid dienone is 1. The molecule has 0 N–H and O–H groups in total. The van der Waals surface area contributed by atoms with Crippen LogP contribution < -0.4 is 5.46 Å². The molecular weight excluding hydrogens is 167 g/mol. The maximum absolute atomic E-state index is 5.79. The summed E-state index contributed by atoms with van der Waals surface area (Å²) in [4.78, 5) is 0. The SMILES string of the molecule is [B]c1ccc(C(C)C)c(C=C2CC2)c1. The highest BCUT2D eigenvalue weighted by Gasteiger charge is 2.12. The van der Waals surface area contributed by atoms with Gasteiger partial charge in [-0.05, 0) is 29.9 Å². The fourth-order valence-electron chi connectivity index (χ4n) is 1.68. The van der Waals surface area contributed by atoms with Gasteiger partial charge in [0.25, 0.3) is 0 Å². The summed E-state index contributed by atoms with van der Waals surface area (Å²) in [5, 5.41) is 0. The van der Waals surface area contributed by atoms with E-state index in [2.05, 4.69) is 32.1 Å². The van der Waals surface area contributed by atoms with Crippen LogP contribution in [0.2, 0.25) is 0 Å². The Hall–Kier alpha value is -0.975. The molecule has 2 radical (unpaired) electrons. The number of hydrogen-bond donors (Lipinski definition) is 0. The first-order chi connectivity index (χ1) is 6.66. The second kappa shape index (κ2) is 3.64. The molecule has 1 aromatic rings. The van der Waals surface area contributed by atoms with Crippen LogP contribution >= 0.6 is 0 Å². The average Bonchev–Trinajstić information content (AvgIpc) is 2.87. The van der Waals surface area contributed by atoms with Gasteiger partial charge >= 0.3 is 0 Å². The molecule has 2 rings (SSSR count). The van der Waals surface area contributed by atoms with Crippen molar-refractivity contribution in [1.29, 1.82) is 0 Å². The van der Waals surface area contributed by atoms with Crippen molar-refractivity contribution in [3.05, 3.63) is 34.9 Å². The van der Waals surface area contributed by atoms with E-state index in [-0.39, 0.29) is 0 Å². The zero-order chi connectivity index (χ0) is 10.1. The summed E-state index contributed by atoms with van der Waals surface area (Å²) in [6, 6.07) is 6.22. The molecule has 0 heterocycles. The van der Waals surface area contributed by atoms with Crippen LogP contribution in [0, 0.1) is 0 Å². The molecule has 0 aromatic heterocycles. The van der Waals surface area contributed by atoms with Crippen LogP contribution in [-0.2, 0) is 0 Å². The minimum Gasteiger partial charge on any atom is -0.0961 e. The molecule has 0 spiro atoms. The van der Waals surface area contributed by atoms with Crippen molar-refractivity contribution >= 4 is 19.4 Å². The highest BCUT2D eigenvalue weighted by atomic mass is 14.2. The largest absolute Gasteiger partial charge is 0.113 e. The molecule has 70 valence electrons. The first-order valence-electron chi connectivity index (χ1n) is 5.25. The van der Waals surface area contributed by atoms with Crippen LogP contribution in [0.1, 0.15) is 43.7 Å². The average molecular weight is 182 g/mol. The van der Waals surface area contributed by atoms with E-state index in [0.717, 1.165) is 5.46 Å². The van der Waals surface area contributed by atoms with Crippen molar-refractivity contribution in [2.75, 3.05) is 0 Å². The second-order valence-corrected chi connectivity index (χ2v) is 4.35. The molecule has 0 saturated heterocycles. The van der Waals surface area contributed by atoms with Gasteiger partial charge in [-0.2, -0.15) is 0 Å². The fourth-order valence-corrected chi connectivity index (χ4v) is 1.68. The quantitative estimate of drug-likeness (QED) is 0.617. The molecule has 0 nitrogen and oxygen atoms in total. The number of rotatable bonds is 2. The van der Waals surface area contributed by atoms with Crippen molar-refractivity contribution in [3.8, 4) is 0 Å². The van der Waals surface area contributed by atoms with Gasteiger partial charge in [0.15, 0.2) is 0 Å². The summed E-state index contributed by atoms with van der Waals surface area (Å²) in [5.41, 5.74) is 5.13. The lowest BCUT2D eigenvalue weighted by Gasteiger charge is -2.10. The normalized spacial score (nSPS) is 14.6. The molecule has 0 aliphatic heterocycles. The molecule has 1 aromatic carbocycles. The number of benzene rings is 1. The predicted octanol–water partition coefficient (Wildman–Crippen LogP) is 2.78. The van der Waals surface area contributed by atoms with Gasteiger partial charge in [0.1, 0.15) is 7.85 Å². The molecule has 0 unspecified atom stereocenters. The summed E-state index contributed by atoms with van der Waals surface area (Å²) in [6.45, 7) is 4.45. The van der Waals surface area contributed by atoms with Crippen LogP contribution in [0.25, 0.3) is 6.08 Å². The molecule has 1 aliphatic carbocycles. The minimum atomic E-state index is 0.571. The van der Waals surface area contributed by atoms with Crippen LogP contribution in [-0.4, -0.2) is 7.85 Å². The highest BCUT2D eigenvalue weighted by Crippen LogP contribution is 2.31. The molecule has 1 fully saturated rings. The Morgan fingerprint density at radius 1 is 1.29 bits per heavy atom. The van der Waals surface area contributed by atoms with Crippen molar-refractivity contribution in [2.45, 2.75) is 32.6 Å². The van der Waals surface area contributed by atoms with Crippen LogP contribution in [0.3, 0.4) is 0 Å². The summed E-state index contributed by atoms with van der Waals surface area (Å²) >= 11 is 0. The van der Waals surface area contributed by atoms with Crippen LogP contribution in [0.4, 0.5) is 0 Å². The van der Waals surface area contributed by atoms with Gasteiger partial charge in [-0.15, -0.1) is 0 Å². The van der Waals surface area contributed by atoms with Gasteiger partial charge in [-0.1, -0.05) is 49.2 Å². The van der Waals surface area contributed by atoms with E-state index < -0.39 is 0 Å². The Morgan fingerprint density at radius 3 is 2.57 bits per heavy atom. The molecule has 14 heavy (non-hydrogen) atoms. The van der Waals surface area contributed by atoms with E-state index in [0.29, 0.717) is 5.92 Å². The lowest BCUT2D eigenvalue weighted by molar-refractivity contribution is 0.864. The number of hydrogen-bond acceptors (Lipinski definition) is 0. The van der Waals surface area contributed by atoms with Crippen molar-refractivity contribution in [2.24, 2.45) is 0 Å². The van der Waals surface area contributed by atoms with E-state index in [1.54, 1.807) is 5.57 Å². The maximum atomic E-state index is 5.79. The fraction of sp³-hybridized carbons (Fsp3) is 0.385. The third kappa shape index (κ3) is 2.09. The summed E-state index contributed by atoms with van der Waals surface area (Å²) < 4.78 is 0. The summed E-state index contributed by atoms with van der Waals surface area (Å²) in [5.74, 6) is 0.571. The van der Waals surface area contributed by atoms with E-state index in [9.17, 15) is 0 Å². The summed E-state index contributed by atoms with van der Waals surface area (Å²) in [6.07, 6.45) is 4.84. The monoisotopic (exact) mass is 182 g/mol. The Balaban J connectivity index is 2.42. The molecule has 1 aliphatic rings. The Labute approximate surface area is 87.4 Å². The van der Waals surface area contributed by atoms with Crippen molar-refractivity contribution in [1.82, 2.24) is 0 Å². The third-order valence-corrected chi connectivity index (χ3v) is 2.63. The van der Waals surface area contributed by atoms with Crippen LogP contribution in [0.15, 0.2) is 23.8 Å². The topological polar surface area (TPSA) is 0 Å². The Kier molecular flexibility index (Phi) is 2.49. The summed E-state index contributed by atoms with van der Waals surface area (Å²) in [7, 11) is 5.79. The molecule has 0 amide bonds. The Bertz CT molecular complexity index is 369. The zero-order valence-electron chi connectivity index (χ0n) is 8.88. The smallest absolute Gasteiger partial charge is 0.0961 e. The first kappa shape index (κ1) is 9.58. The molecule has 0 atom stereocenters. The van der Waals surface area contributed by atoms with Gasteiger partial charge in [0, 0.05) is 0 Å². The van der Waals surface area contributed by atoms with E-state index in [4.69, 9.17) is 7.85 Å². The van der Waals surface area contributed by atoms with E-state index >= 15 is 0 Å². The van der Waals surface area contributed by atoms with Gasteiger partial charge in [-0.3, -0.25) is 0 Å². The standard InChI is InChI=1S/C13H15B/c1-9(2)13-6-5-12(14)8-11(13)7-10-3-4-10/h5-9H,3-4H2,1-2H3. The van der Waals surface area contributed by atoms with Crippen molar-refractivity contribution < 1.29 is 0 Å². The molecule has 1 saturated carbocycles. The lowest BCUT2D eigenvalue weighted by atomic mass is 9.88. The van der Waals surface area contributed by atoms with Gasteiger partial charge in [-0.25, -0.2) is 0 Å².